The van der Waals surface area contributed by atoms with E-state index in [1.165, 1.54) is 0 Å². The van der Waals surface area contributed by atoms with E-state index >= 15 is 0 Å². The molecule has 0 unspecified atom stereocenters. The smallest absolute Gasteiger partial charge is 0.251 e. The summed E-state index contributed by atoms with van der Waals surface area (Å²) >= 11 is 0. The number of benzene rings is 2. The van der Waals surface area contributed by atoms with Gasteiger partial charge >= 0.3 is 0 Å². The molecule has 0 saturated heterocycles. The topological polar surface area (TPSA) is 51.2 Å². The van der Waals surface area contributed by atoms with Crippen LogP contribution >= 0.6 is 0 Å². The number of ether oxygens (including phenoxy) is 1. The first-order valence-corrected chi connectivity index (χ1v) is 8.12. The standard InChI is InChI=1S/C20H20N2O2/c1-2-13-21-20(23)16-8-11-18(12-9-16)24-14-17-10-7-15-5-3-4-6-19(15)22-17/h3-12H,2,13-14H2,1H3,(H,21,23). The average molecular weight is 320 g/mol. The summed E-state index contributed by atoms with van der Waals surface area (Å²) in [4.78, 5) is 16.4. The lowest BCUT2D eigenvalue weighted by molar-refractivity contribution is 0.0953. The largest absolute Gasteiger partial charge is 0.487 e. The second kappa shape index (κ2) is 7.59. The van der Waals surface area contributed by atoms with Crippen LogP contribution in [0.1, 0.15) is 29.4 Å². The number of nitrogens with zero attached hydrogens (tertiary/aromatic N) is 1. The molecule has 0 atom stereocenters. The molecule has 1 amide bonds. The van der Waals surface area contributed by atoms with Gasteiger partial charge in [0.2, 0.25) is 0 Å². The zero-order valence-electron chi connectivity index (χ0n) is 13.7. The summed E-state index contributed by atoms with van der Waals surface area (Å²) < 4.78 is 5.76. The fraction of sp³-hybridized carbons (Fsp3) is 0.200. The van der Waals surface area contributed by atoms with Gasteiger partial charge < -0.3 is 10.1 Å². The summed E-state index contributed by atoms with van der Waals surface area (Å²) in [6, 6.07) is 19.2. The van der Waals surface area contributed by atoms with Gasteiger partial charge in [0.05, 0.1) is 11.2 Å². The van der Waals surface area contributed by atoms with Crippen molar-refractivity contribution in [2.45, 2.75) is 20.0 Å². The first kappa shape index (κ1) is 16.0. The van der Waals surface area contributed by atoms with E-state index in [2.05, 4.69) is 10.3 Å². The first-order valence-electron chi connectivity index (χ1n) is 8.12. The Morgan fingerprint density at radius 3 is 2.62 bits per heavy atom. The van der Waals surface area contributed by atoms with Gasteiger partial charge in [0.1, 0.15) is 12.4 Å². The molecular weight excluding hydrogens is 300 g/mol. The lowest BCUT2D eigenvalue weighted by Gasteiger charge is -2.08. The van der Waals surface area contributed by atoms with Crippen LogP contribution in [-0.2, 0) is 6.61 Å². The summed E-state index contributed by atoms with van der Waals surface area (Å²) in [5, 5.41) is 3.97. The number of para-hydroxylation sites is 1. The zero-order valence-corrected chi connectivity index (χ0v) is 13.7. The van der Waals surface area contributed by atoms with Crippen LogP contribution in [0.3, 0.4) is 0 Å². The number of carbonyl (C=O) groups excluding carboxylic acids is 1. The van der Waals surface area contributed by atoms with Crippen molar-refractivity contribution >= 4 is 16.8 Å². The number of hydrogen-bond donors (Lipinski definition) is 1. The molecule has 1 aromatic heterocycles. The molecule has 24 heavy (non-hydrogen) atoms. The van der Waals surface area contributed by atoms with Crippen LogP contribution < -0.4 is 10.1 Å². The van der Waals surface area contributed by atoms with Crippen molar-refractivity contribution in [2.75, 3.05) is 6.54 Å². The maximum Gasteiger partial charge on any atom is 0.251 e. The molecule has 0 aliphatic rings. The summed E-state index contributed by atoms with van der Waals surface area (Å²) in [5.41, 5.74) is 2.47. The Balaban J connectivity index is 1.62. The van der Waals surface area contributed by atoms with Crippen molar-refractivity contribution in [2.24, 2.45) is 0 Å². The molecule has 0 saturated carbocycles. The Labute approximate surface area is 141 Å². The van der Waals surface area contributed by atoms with Gasteiger partial charge in [-0.05, 0) is 42.8 Å². The van der Waals surface area contributed by atoms with Gasteiger partial charge in [-0.2, -0.15) is 0 Å². The van der Waals surface area contributed by atoms with Gasteiger partial charge in [0.25, 0.3) is 5.91 Å². The van der Waals surface area contributed by atoms with Gasteiger partial charge in [-0.15, -0.1) is 0 Å². The third-order valence-corrected chi connectivity index (χ3v) is 3.69. The Bertz CT molecular complexity index is 828. The summed E-state index contributed by atoms with van der Waals surface area (Å²) in [5.74, 6) is 0.664. The van der Waals surface area contributed by atoms with Gasteiger partial charge in [0.15, 0.2) is 0 Å². The van der Waals surface area contributed by atoms with E-state index < -0.39 is 0 Å². The Hall–Kier alpha value is -2.88. The predicted molar refractivity (Wildman–Crippen MR) is 95.1 cm³/mol. The molecule has 0 fully saturated rings. The van der Waals surface area contributed by atoms with Crippen LogP contribution in [-0.4, -0.2) is 17.4 Å². The normalized spacial score (nSPS) is 10.5. The molecule has 1 heterocycles. The third kappa shape index (κ3) is 3.90. The van der Waals surface area contributed by atoms with Crippen LogP contribution in [0.5, 0.6) is 5.75 Å². The molecule has 3 rings (SSSR count). The summed E-state index contributed by atoms with van der Waals surface area (Å²) in [6.45, 7) is 3.11. The third-order valence-electron chi connectivity index (χ3n) is 3.69. The van der Waals surface area contributed by atoms with Crippen molar-refractivity contribution in [3.8, 4) is 5.75 Å². The Kier molecular flexibility index (Phi) is 5.06. The van der Waals surface area contributed by atoms with E-state index in [1.54, 1.807) is 12.1 Å². The highest BCUT2D eigenvalue weighted by Crippen LogP contribution is 2.16. The SMILES string of the molecule is CCCNC(=O)c1ccc(OCc2ccc3ccccc3n2)cc1. The zero-order chi connectivity index (χ0) is 16.8. The Morgan fingerprint density at radius 2 is 1.83 bits per heavy atom. The summed E-state index contributed by atoms with van der Waals surface area (Å²) in [7, 11) is 0. The number of hydrogen-bond acceptors (Lipinski definition) is 3. The fourth-order valence-electron chi connectivity index (χ4n) is 2.39. The van der Waals surface area contributed by atoms with E-state index in [4.69, 9.17) is 4.74 Å². The minimum Gasteiger partial charge on any atom is -0.487 e. The van der Waals surface area contributed by atoms with E-state index in [-0.39, 0.29) is 5.91 Å². The molecule has 2 aromatic carbocycles. The number of carbonyl (C=O) groups is 1. The van der Waals surface area contributed by atoms with Crippen molar-refractivity contribution in [3.05, 3.63) is 71.9 Å². The second-order valence-electron chi connectivity index (χ2n) is 5.56. The number of rotatable bonds is 6. The lowest BCUT2D eigenvalue weighted by Crippen LogP contribution is -2.23. The quantitative estimate of drug-likeness (QED) is 0.748. The maximum atomic E-state index is 11.9. The monoisotopic (exact) mass is 320 g/mol. The van der Waals surface area contributed by atoms with Crippen molar-refractivity contribution in [1.29, 1.82) is 0 Å². The minimum absolute atomic E-state index is 0.0559. The van der Waals surface area contributed by atoms with Crippen LogP contribution in [0.25, 0.3) is 10.9 Å². The van der Waals surface area contributed by atoms with Gasteiger partial charge in [-0.25, -0.2) is 4.98 Å². The highest BCUT2D eigenvalue weighted by molar-refractivity contribution is 5.94. The van der Waals surface area contributed by atoms with Crippen LogP contribution in [0.2, 0.25) is 0 Å². The molecule has 3 aromatic rings. The van der Waals surface area contributed by atoms with E-state index in [0.717, 1.165) is 28.8 Å². The molecule has 1 N–H and O–H groups in total. The predicted octanol–water partition coefficient (Wildman–Crippen LogP) is 3.95. The van der Waals surface area contributed by atoms with Crippen LogP contribution in [0.4, 0.5) is 0 Å². The molecule has 0 bridgehead atoms. The van der Waals surface area contributed by atoms with Crippen LogP contribution in [0, 0.1) is 0 Å². The van der Waals surface area contributed by atoms with Crippen molar-refractivity contribution in [1.82, 2.24) is 10.3 Å². The molecule has 0 aliphatic heterocycles. The molecule has 0 spiro atoms. The molecular formula is C20H20N2O2. The number of amides is 1. The van der Waals surface area contributed by atoms with Crippen LogP contribution in [0.15, 0.2) is 60.7 Å². The fourth-order valence-corrected chi connectivity index (χ4v) is 2.39. The van der Waals surface area contributed by atoms with Crippen molar-refractivity contribution < 1.29 is 9.53 Å². The van der Waals surface area contributed by atoms with E-state index in [1.807, 2.05) is 55.5 Å². The maximum absolute atomic E-state index is 11.9. The number of aromatic nitrogens is 1. The number of fused-ring (bicyclic) bond motifs is 1. The highest BCUT2D eigenvalue weighted by atomic mass is 16.5. The van der Waals surface area contributed by atoms with Crippen molar-refractivity contribution in [3.63, 3.8) is 0 Å². The average Bonchev–Trinajstić information content (AvgIpc) is 2.64. The Morgan fingerprint density at radius 1 is 1.04 bits per heavy atom. The molecule has 0 radical (unpaired) electrons. The lowest BCUT2D eigenvalue weighted by atomic mass is 10.2. The van der Waals surface area contributed by atoms with Gasteiger partial charge in [-0.1, -0.05) is 31.2 Å². The molecule has 4 heteroatoms. The molecule has 122 valence electrons. The molecule has 0 aliphatic carbocycles. The number of pyridine rings is 1. The van der Waals surface area contributed by atoms with Gasteiger partial charge in [0, 0.05) is 17.5 Å². The van der Waals surface area contributed by atoms with Gasteiger partial charge in [-0.3, -0.25) is 4.79 Å². The molecule has 4 nitrogen and oxygen atoms in total. The second-order valence-corrected chi connectivity index (χ2v) is 5.56. The van der Waals surface area contributed by atoms with E-state index in [0.29, 0.717) is 18.7 Å². The number of nitrogens with one attached hydrogen (secondary N) is 1. The first-order chi connectivity index (χ1) is 11.8. The van der Waals surface area contributed by atoms with E-state index in [9.17, 15) is 4.79 Å². The highest BCUT2D eigenvalue weighted by Gasteiger charge is 2.05. The minimum atomic E-state index is -0.0559. The summed E-state index contributed by atoms with van der Waals surface area (Å²) in [6.07, 6.45) is 0.922.